The monoisotopic (exact) mass is 246 g/mol. The van der Waals surface area contributed by atoms with Gasteiger partial charge in [0.25, 0.3) is 0 Å². The van der Waals surface area contributed by atoms with Gasteiger partial charge in [-0.1, -0.05) is 36.4 Å². The molecule has 92 valence electrons. The molecular formula is C17H14N2. The van der Waals surface area contributed by atoms with E-state index in [9.17, 15) is 0 Å². The molecule has 0 aromatic heterocycles. The Kier molecular flexibility index (Phi) is 2.91. The molecule has 0 aliphatic rings. The first-order valence-electron chi connectivity index (χ1n) is 6.33. The fourth-order valence-electron chi connectivity index (χ4n) is 2.41. The van der Waals surface area contributed by atoms with Crippen LogP contribution in [-0.2, 0) is 0 Å². The van der Waals surface area contributed by atoms with Crippen LogP contribution in [0.15, 0.2) is 54.6 Å². The molecule has 0 heterocycles. The van der Waals surface area contributed by atoms with Crippen LogP contribution in [0.2, 0.25) is 0 Å². The zero-order chi connectivity index (χ0) is 13.2. The highest BCUT2D eigenvalue weighted by molar-refractivity contribution is 5.98. The second kappa shape index (κ2) is 4.72. The summed E-state index contributed by atoms with van der Waals surface area (Å²) in [6, 6.07) is 20.8. The highest BCUT2D eigenvalue weighted by Gasteiger charge is 2.06. The molecule has 0 amide bonds. The van der Waals surface area contributed by atoms with Crippen molar-refractivity contribution in [3.05, 3.63) is 60.2 Å². The van der Waals surface area contributed by atoms with Crippen LogP contribution >= 0.6 is 0 Å². The lowest BCUT2D eigenvalue weighted by Crippen LogP contribution is -2.08. The lowest BCUT2D eigenvalue weighted by Gasteiger charge is -2.10. The number of hydrogen-bond acceptors (Lipinski definition) is 2. The third-order valence-electron chi connectivity index (χ3n) is 3.47. The Morgan fingerprint density at radius 2 is 1.53 bits per heavy atom. The van der Waals surface area contributed by atoms with Crippen LogP contribution in [0, 0.1) is 11.3 Å². The Bertz CT molecular complexity index is 784. The molecule has 1 unspecified atom stereocenters. The smallest absolute Gasteiger partial charge is 0.0641 e. The van der Waals surface area contributed by atoms with Crippen LogP contribution in [-0.4, -0.2) is 0 Å². The predicted molar refractivity (Wildman–Crippen MR) is 78.6 cm³/mol. The third kappa shape index (κ3) is 2.16. The van der Waals surface area contributed by atoms with Crippen molar-refractivity contribution in [2.75, 3.05) is 0 Å². The van der Waals surface area contributed by atoms with Gasteiger partial charge >= 0.3 is 0 Å². The maximum absolute atomic E-state index is 8.72. The first-order valence-corrected chi connectivity index (χ1v) is 6.33. The number of nitrogens with two attached hydrogens (primary N) is 1. The van der Waals surface area contributed by atoms with Crippen molar-refractivity contribution in [2.24, 2.45) is 5.73 Å². The van der Waals surface area contributed by atoms with Crippen molar-refractivity contribution in [1.82, 2.24) is 0 Å². The van der Waals surface area contributed by atoms with Crippen molar-refractivity contribution in [3.63, 3.8) is 0 Å². The zero-order valence-corrected chi connectivity index (χ0v) is 10.5. The minimum absolute atomic E-state index is 0.208. The molecule has 0 aliphatic carbocycles. The Labute approximate surface area is 112 Å². The Balaban J connectivity index is 2.17. The number of rotatable bonds is 2. The average Bonchev–Trinajstić information content (AvgIpc) is 2.44. The summed E-state index contributed by atoms with van der Waals surface area (Å²) >= 11 is 0. The molecule has 2 nitrogen and oxygen atoms in total. The fourth-order valence-corrected chi connectivity index (χ4v) is 2.41. The highest BCUT2D eigenvalue weighted by atomic mass is 14.6. The summed E-state index contributed by atoms with van der Waals surface area (Å²) in [6.45, 7) is 0. The largest absolute Gasteiger partial charge is 0.323 e. The molecule has 0 fully saturated rings. The maximum atomic E-state index is 8.72. The van der Waals surface area contributed by atoms with Gasteiger partial charge in [-0.2, -0.15) is 5.26 Å². The molecule has 19 heavy (non-hydrogen) atoms. The molecule has 0 spiro atoms. The molecule has 3 rings (SSSR count). The van der Waals surface area contributed by atoms with Gasteiger partial charge in [-0.25, -0.2) is 0 Å². The molecule has 0 saturated heterocycles. The van der Waals surface area contributed by atoms with E-state index in [2.05, 4.69) is 42.5 Å². The number of nitrogens with zero attached hydrogens (tertiary/aromatic N) is 1. The molecule has 3 aromatic carbocycles. The van der Waals surface area contributed by atoms with Gasteiger partial charge in [0.05, 0.1) is 12.5 Å². The Morgan fingerprint density at radius 3 is 2.21 bits per heavy atom. The quantitative estimate of drug-likeness (QED) is 0.697. The molecule has 0 bridgehead atoms. The lowest BCUT2D eigenvalue weighted by molar-refractivity contribution is 0.750. The van der Waals surface area contributed by atoms with Gasteiger partial charge in [-0.3, -0.25) is 0 Å². The van der Waals surface area contributed by atoms with Crippen LogP contribution in [0.4, 0.5) is 0 Å². The summed E-state index contributed by atoms with van der Waals surface area (Å²) in [4.78, 5) is 0. The van der Waals surface area contributed by atoms with Gasteiger partial charge in [0.15, 0.2) is 0 Å². The van der Waals surface area contributed by atoms with Crippen molar-refractivity contribution in [1.29, 1.82) is 5.26 Å². The SMILES string of the molecule is N#CCC(N)c1ccc2cc3ccccc3cc2c1. The summed E-state index contributed by atoms with van der Waals surface area (Å²) in [7, 11) is 0. The topological polar surface area (TPSA) is 49.8 Å². The van der Waals surface area contributed by atoms with Crippen LogP contribution in [0.25, 0.3) is 21.5 Å². The second-order valence-electron chi connectivity index (χ2n) is 4.77. The van der Waals surface area contributed by atoms with Gasteiger partial charge < -0.3 is 5.73 Å². The minimum atomic E-state index is -0.208. The summed E-state index contributed by atoms with van der Waals surface area (Å²) in [5.41, 5.74) is 7.00. The summed E-state index contributed by atoms with van der Waals surface area (Å²) in [5.74, 6) is 0. The molecule has 1 atom stereocenters. The van der Waals surface area contributed by atoms with E-state index in [1.807, 2.05) is 18.2 Å². The normalized spacial score (nSPS) is 12.4. The van der Waals surface area contributed by atoms with Crippen LogP contribution in [0.5, 0.6) is 0 Å². The second-order valence-corrected chi connectivity index (χ2v) is 4.77. The van der Waals surface area contributed by atoms with Crippen LogP contribution in [0.3, 0.4) is 0 Å². The van der Waals surface area contributed by atoms with Gasteiger partial charge in [0, 0.05) is 6.04 Å². The number of hydrogen-bond donors (Lipinski definition) is 1. The lowest BCUT2D eigenvalue weighted by atomic mass is 9.98. The molecule has 2 N–H and O–H groups in total. The van der Waals surface area contributed by atoms with E-state index in [1.54, 1.807) is 0 Å². The standard InChI is InChI=1S/C17H14N2/c18-8-7-17(19)15-6-5-14-9-12-3-1-2-4-13(12)10-16(14)11-15/h1-6,9-11,17H,7,19H2. The van der Waals surface area contributed by atoms with Crippen molar-refractivity contribution in [3.8, 4) is 6.07 Å². The molecule has 3 aromatic rings. The maximum Gasteiger partial charge on any atom is 0.0641 e. The first kappa shape index (κ1) is 11.7. The number of fused-ring (bicyclic) bond motifs is 2. The minimum Gasteiger partial charge on any atom is -0.323 e. The van der Waals surface area contributed by atoms with Crippen LogP contribution < -0.4 is 5.73 Å². The summed E-state index contributed by atoms with van der Waals surface area (Å²) < 4.78 is 0. The summed E-state index contributed by atoms with van der Waals surface area (Å²) in [6.07, 6.45) is 0.346. The van der Waals surface area contributed by atoms with E-state index in [0.717, 1.165) is 5.56 Å². The predicted octanol–water partition coefficient (Wildman–Crippen LogP) is 3.91. The average molecular weight is 246 g/mol. The number of nitriles is 1. The van der Waals surface area contributed by atoms with E-state index in [-0.39, 0.29) is 6.04 Å². The molecule has 0 radical (unpaired) electrons. The van der Waals surface area contributed by atoms with Crippen molar-refractivity contribution >= 4 is 21.5 Å². The highest BCUT2D eigenvalue weighted by Crippen LogP contribution is 2.25. The van der Waals surface area contributed by atoms with E-state index < -0.39 is 0 Å². The van der Waals surface area contributed by atoms with Gasteiger partial charge in [0.1, 0.15) is 0 Å². The van der Waals surface area contributed by atoms with Crippen molar-refractivity contribution < 1.29 is 0 Å². The first-order chi connectivity index (χ1) is 9.28. The van der Waals surface area contributed by atoms with Crippen LogP contribution in [0.1, 0.15) is 18.0 Å². The summed E-state index contributed by atoms with van der Waals surface area (Å²) in [5, 5.41) is 13.6. The third-order valence-corrected chi connectivity index (χ3v) is 3.47. The zero-order valence-electron chi connectivity index (χ0n) is 10.5. The van der Waals surface area contributed by atoms with E-state index >= 15 is 0 Å². The Hall–Kier alpha value is -2.37. The van der Waals surface area contributed by atoms with E-state index in [0.29, 0.717) is 6.42 Å². The Morgan fingerprint density at radius 1 is 0.895 bits per heavy atom. The van der Waals surface area contributed by atoms with Gasteiger partial charge in [0.2, 0.25) is 0 Å². The fraction of sp³-hybridized carbons (Fsp3) is 0.118. The molecule has 0 saturated carbocycles. The molecular weight excluding hydrogens is 232 g/mol. The molecule has 2 heteroatoms. The van der Waals surface area contributed by atoms with E-state index in [1.165, 1.54) is 21.5 Å². The van der Waals surface area contributed by atoms with Gasteiger partial charge in [-0.15, -0.1) is 0 Å². The van der Waals surface area contributed by atoms with E-state index in [4.69, 9.17) is 11.0 Å². The molecule has 0 aliphatic heterocycles. The van der Waals surface area contributed by atoms with Gasteiger partial charge in [-0.05, 0) is 45.3 Å². The number of benzene rings is 3. The van der Waals surface area contributed by atoms with Crippen molar-refractivity contribution in [2.45, 2.75) is 12.5 Å².